The first-order chi connectivity index (χ1) is 21.8. The third-order valence-electron chi connectivity index (χ3n) is 8.65. The van der Waals surface area contributed by atoms with E-state index in [-0.39, 0.29) is 5.82 Å². The van der Waals surface area contributed by atoms with Crippen molar-refractivity contribution in [1.29, 1.82) is 0 Å². The molecule has 0 amide bonds. The normalized spacial score (nSPS) is 11.4. The molecule has 6 rings (SSSR count). The Bertz CT molecular complexity index is 1630. The quantitative estimate of drug-likeness (QED) is 0.0992. The highest BCUT2D eigenvalue weighted by Crippen LogP contribution is 2.23. The number of hydrogen-bond acceptors (Lipinski definition) is 2. The van der Waals surface area contributed by atoms with Crippen LogP contribution < -0.4 is 26.0 Å². The molecule has 0 saturated heterocycles. The minimum Gasteiger partial charge on any atom is -0.494 e. The van der Waals surface area contributed by atoms with E-state index in [2.05, 4.69) is 163 Å². The van der Waals surface area contributed by atoms with Crippen molar-refractivity contribution in [3.63, 3.8) is 0 Å². The molecule has 6 aromatic rings. The van der Waals surface area contributed by atoms with Crippen molar-refractivity contribution in [2.24, 2.45) is 0 Å². The first-order valence-electron chi connectivity index (χ1n) is 15.7. The predicted octanol–water partition coefficient (Wildman–Crippen LogP) is 5.62. The zero-order chi connectivity index (χ0) is 30.0. The molecule has 218 valence electrons. The lowest BCUT2D eigenvalue weighted by atomic mass is 9.58. The van der Waals surface area contributed by atoms with Crippen molar-refractivity contribution in [2.45, 2.75) is 31.8 Å². The van der Waals surface area contributed by atoms with E-state index in [1.165, 1.54) is 26.7 Å². The maximum atomic E-state index is 6.08. The highest BCUT2D eigenvalue weighted by atomic mass is 28.3. The molecule has 1 aromatic heterocycles. The number of imidazole rings is 1. The molecule has 3 nitrogen and oxygen atoms in total. The van der Waals surface area contributed by atoms with Crippen molar-refractivity contribution < 1.29 is 4.74 Å². The van der Waals surface area contributed by atoms with Crippen molar-refractivity contribution in [3.05, 3.63) is 169 Å². The summed E-state index contributed by atoms with van der Waals surface area (Å²) in [5.41, 5.74) is 3.72. The lowest BCUT2D eigenvalue weighted by Gasteiger charge is -2.35. The number of nitrogens with zero attached hydrogens (tertiary/aromatic N) is 2. The van der Waals surface area contributed by atoms with Crippen molar-refractivity contribution in [2.75, 3.05) is 6.61 Å². The second kappa shape index (κ2) is 14.2. The Labute approximate surface area is 263 Å². The van der Waals surface area contributed by atoms with E-state index in [9.17, 15) is 0 Å². The lowest BCUT2D eigenvalue weighted by molar-refractivity contribution is 0.309. The largest absolute Gasteiger partial charge is 0.494 e. The third-order valence-corrected chi connectivity index (χ3v) is 13.4. The maximum Gasteiger partial charge on any atom is 0.217 e. The Morgan fingerprint density at radius 1 is 0.659 bits per heavy atom. The summed E-state index contributed by atoms with van der Waals surface area (Å²) in [4.78, 5) is 4.99. The van der Waals surface area contributed by atoms with Crippen molar-refractivity contribution in [3.8, 4) is 5.75 Å². The maximum absolute atomic E-state index is 6.08. The average molecular weight is 591 g/mol. The summed E-state index contributed by atoms with van der Waals surface area (Å²) in [6.45, 7) is 2.94. The second-order valence-corrected chi connectivity index (χ2v) is 15.3. The summed E-state index contributed by atoms with van der Waals surface area (Å²) in [5.74, 6) is 1.14. The van der Waals surface area contributed by atoms with Gasteiger partial charge in [0.05, 0.1) is 12.3 Å². The highest BCUT2D eigenvalue weighted by Gasteiger charge is 2.40. The first-order valence-corrected chi connectivity index (χ1v) is 17.9. The predicted molar refractivity (Wildman–Crippen MR) is 188 cm³/mol. The summed E-state index contributed by atoms with van der Waals surface area (Å²) >= 11 is 0. The van der Waals surface area contributed by atoms with E-state index in [0.717, 1.165) is 44.4 Å². The molecule has 5 aromatic carbocycles. The van der Waals surface area contributed by atoms with Crippen LogP contribution in [0, 0.1) is 0 Å². The van der Waals surface area contributed by atoms with Gasteiger partial charge in [-0.15, -0.1) is 0 Å². The average Bonchev–Trinajstić information content (AvgIpc) is 3.54. The minimum atomic E-state index is -2.56. The lowest BCUT2D eigenvalue weighted by Crippen LogP contribution is -2.70. The Hall–Kier alpha value is -4.61. The number of hydrogen-bond donors (Lipinski definition) is 0. The Morgan fingerprint density at radius 3 is 1.68 bits per heavy atom. The molecule has 0 bridgehead atoms. The molecule has 0 spiro atoms. The number of benzene rings is 5. The number of aromatic nitrogens is 2. The van der Waals surface area contributed by atoms with E-state index in [1.807, 2.05) is 6.20 Å². The summed E-state index contributed by atoms with van der Waals surface area (Å²) in [7, 11) is -1.74. The van der Waals surface area contributed by atoms with Crippen LogP contribution in [0.1, 0.15) is 36.7 Å². The number of ether oxygens (including phenoxy) is 1. The van der Waals surface area contributed by atoms with Gasteiger partial charge < -0.3 is 9.30 Å². The van der Waals surface area contributed by atoms with Gasteiger partial charge in [-0.05, 0) is 51.1 Å². The van der Waals surface area contributed by atoms with Crippen LogP contribution in [0.3, 0.4) is 0 Å². The van der Waals surface area contributed by atoms with Gasteiger partial charge in [0.25, 0.3) is 0 Å². The second-order valence-electron chi connectivity index (χ2n) is 11.4. The Morgan fingerprint density at radius 2 is 1.16 bits per heavy atom. The van der Waals surface area contributed by atoms with E-state index < -0.39 is 8.07 Å². The fourth-order valence-corrected chi connectivity index (χ4v) is 10.9. The van der Waals surface area contributed by atoms with Crippen LogP contribution in [-0.4, -0.2) is 31.5 Å². The van der Waals surface area contributed by atoms with Gasteiger partial charge in [0.1, 0.15) is 5.75 Å². The number of unbranched alkanes of at least 4 members (excludes halogenated alkanes) is 1. The van der Waals surface area contributed by atoms with E-state index in [1.54, 1.807) is 0 Å². The molecule has 0 N–H and O–H groups in total. The summed E-state index contributed by atoms with van der Waals surface area (Å²) in [6, 6.07) is 52.8. The molecular formula is C39H39BN2OSi. The first kappa shape index (κ1) is 29.5. The molecule has 5 heteroatoms. The number of rotatable bonds is 13. The Kier molecular flexibility index (Phi) is 9.54. The van der Waals surface area contributed by atoms with E-state index in [0.29, 0.717) is 0 Å². The Balaban J connectivity index is 1.44. The molecule has 44 heavy (non-hydrogen) atoms. The molecule has 0 radical (unpaired) electrons. The molecule has 1 heterocycles. The third kappa shape index (κ3) is 6.48. The van der Waals surface area contributed by atoms with Crippen LogP contribution in [0.2, 0.25) is 0 Å². The van der Waals surface area contributed by atoms with Gasteiger partial charge in [0, 0.05) is 18.6 Å². The van der Waals surface area contributed by atoms with Gasteiger partial charge in [-0.1, -0.05) is 147 Å². The van der Waals surface area contributed by atoms with Crippen LogP contribution in [0.15, 0.2) is 158 Å². The summed E-state index contributed by atoms with van der Waals surface area (Å²) < 4.78 is 8.51. The van der Waals surface area contributed by atoms with Gasteiger partial charge in [-0.2, -0.15) is 0 Å². The SMILES string of the molecule is CCCCOc1ccc([Si](Cn2ccnc2BC(c2ccccc2)c2ccccc2)(c2ccccc2)c2ccccc2)cc1. The smallest absolute Gasteiger partial charge is 0.217 e. The fraction of sp³-hybridized carbons (Fsp3) is 0.154. The molecule has 0 aliphatic rings. The minimum absolute atomic E-state index is 0.211. The van der Waals surface area contributed by atoms with Gasteiger partial charge in [-0.25, -0.2) is 0 Å². The topological polar surface area (TPSA) is 27.1 Å². The summed E-state index contributed by atoms with van der Waals surface area (Å²) in [5, 5.41) is 4.13. The van der Waals surface area contributed by atoms with Gasteiger partial charge in [0.15, 0.2) is 8.07 Å². The monoisotopic (exact) mass is 590 g/mol. The van der Waals surface area contributed by atoms with Crippen LogP contribution >= 0.6 is 0 Å². The molecule has 0 unspecified atom stereocenters. The van der Waals surface area contributed by atoms with Crippen LogP contribution in [0.4, 0.5) is 0 Å². The molecule has 0 fully saturated rings. The fourth-order valence-electron chi connectivity index (χ4n) is 6.30. The van der Waals surface area contributed by atoms with Gasteiger partial charge in [0.2, 0.25) is 7.28 Å². The van der Waals surface area contributed by atoms with Gasteiger partial charge in [-0.3, -0.25) is 4.98 Å². The molecular weight excluding hydrogens is 551 g/mol. The van der Waals surface area contributed by atoms with Crippen molar-refractivity contribution >= 4 is 36.6 Å². The van der Waals surface area contributed by atoms with Crippen molar-refractivity contribution in [1.82, 2.24) is 9.55 Å². The molecule has 0 aliphatic carbocycles. The highest BCUT2D eigenvalue weighted by molar-refractivity contribution is 7.10. The molecule has 0 atom stereocenters. The summed E-state index contributed by atoms with van der Waals surface area (Å²) in [6.07, 6.45) is 7.19. The van der Waals surface area contributed by atoms with E-state index in [4.69, 9.17) is 9.72 Å². The standard InChI is InChI=1S/C39H39BN2OSi/c1-2-3-30-43-34-24-26-37(27-25-34)44(35-20-12-6-13-21-35,36-22-14-7-15-23-36)31-42-29-28-41-39(42)40-38(32-16-8-4-9-17-32)33-18-10-5-11-19-33/h4-29,38,40H,2-3,30-31H2,1H3. The van der Waals surface area contributed by atoms with Crippen LogP contribution in [0.25, 0.3) is 0 Å². The van der Waals surface area contributed by atoms with Crippen LogP contribution in [0.5, 0.6) is 5.75 Å². The van der Waals surface area contributed by atoms with E-state index >= 15 is 0 Å². The molecule has 0 saturated carbocycles. The van der Waals surface area contributed by atoms with Crippen LogP contribution in [-0.2, 0) is 6.17 Å². The zero-order valence-corrected chi connectivity index (χ0v) is 26.4. The molecule has 0 aliphatic heterocycles. The van der Waals surface area contributed by atoms with Gasteiger partial charge >= 0.3 is 0 Å². The zero-order valence-electron chi connectivity index (χ0n) is 25.4.